The number of hydrogen-bond acceptors (Lipinski definition) is 3. The summed E-state index contributed by atoms with van der Waals surface area (Å²) in [4.78, 5) is 2.45. The molecular weight excluding hydrogens is 260 g/mol. The number of nitrogens with two attached hydrogens (primary N) is 1. The lowest BCUT2D eigenvalue weighted by molar-refractivity contribution is 0.129. The first-order valence-corrected chi connectivity index (χ1v) is 7.41. The molecule has 0 amide bonds. The minimum absolute atomic E-state index is 0.0767. The molecule has 1 aliphatic heterocycles. The van der Waals surface area contributed by atoms with Crippen LogP contribution in [0.2, 0.25) is 5.02 Å². The van der Waals surface area contributed by atoms with E-state index in [9.17, 15) is 0 Å². The lowest BCUT2D eigenvalue weighted by atomic mass is 9.97. The molecule has 0 aromatic heterocycles. The first-order chi connectivity index (χ1) is 9.19. The van der Waals surface area contributed by atoms with Crippen LogP contribution >= 0.6 is 11.6 Å². The molecule has 0 bridgehead atoms. The number of aliphatic hydroxyl groups is 1. The first kappa shape index (κ1) is 14.8. The zero-order chi connectivity index (χ0) is 13.7. The highest BCUT2D eigenvalue weighted by atomic mass is 35.5. The van der Waals surface area contributed by atoms with E-state index in [1.165, 1.54) is 0 Å². The van der Waals surface area contributed by atoms with Gasteiger partial charge in [-0.25, -0.2) is 0 Å². The molecule has 0 aliphatic carbocycles. The molecule has 3 N–H and O–H groups in total. The summed E-state index contributed by atoms with van der Waals surface area (Å²) < 4.78 is 0. The molecule has 1 aromatic rings. The third-order valence-corrected chi connectivity index (χ3v) is 4.27. The number of aliphatic hydroxyl groups excluding tert-OH is 1. The third-order valence-electron chi connectivity index (χ3n) is 4.02. The standard InChI is InChI=1S/C15H23ClN2O/c16-14-3-1-13(2-4-14)15(17)7-10-18-8-5-12(11-19)6-9-18/h1-4,12,15,19H,5-11,17H2. The van der Waals surface area contributed by atoms with E-state index in [2.05, 4.69) is 4.90 Å². The molecule has 3 nitrogen and oxygen atoms in total. The molecule has 19 heavy (non-hydrogen) atoms. The summed E-state index contributed by atoms with van der Waals surface area (Å²) >= 11 is 5.87. The number of hydrogen-bond donors (Lipinski definition) is 2. The lowest BCUT2D eigenvalue weighted by Crippen LogP contribution is -2.36. The number of likely N-dealkylation sites (tertiary alicyclic amines) is 1. The maximum atomic E-state index is 9.12. The van der Waals surface area contributed by atoms with Gasteiger partial charge in [-0.2, -0.15) is 0 Å². The van der Waals surface area contributed by atoms with Crippen LogP contribution in [0.1, 0.15) is 30.9 Å². The van der Waals surface area contributed by atoms with Crippen LogP contribution in [0.5, 0.6) is 0 Å². The van der Waals surface area contributed by atoms with Crippen LogP contribution in [-0.4, -0.2) is 36.2 Å². The van der Waals surface area contributed by atoms with Crippen LogP contribution < -0.4 is 5.73 Å². The van der Waals surface area contributed by atoms with E-state index in [-0.39, 0.29) is 6.04 Å². The predicted octanol–water partition coefficient (Wildman–Crippen LogP) is 2.43. The Balaban J connectivity index is 1.75. The molecular formula is C15H23ClN2O. The lowest BCUT2D eigenvalue weighted by Gasteiger charge is -2.31. The molecule has 2 rings (SSSR count). The monoisotopic (exact) mass is 282 g/mol. The highest BCUT2D eigenvalue weighted by Crippen LogP contribution is 2.20. The molecule has 1 heterocycles. The molecule has 0 saturated carbocycles. The van der Waals surface area contributed by atoms with E-state index in [1.807, 2.05) is 24.3 Å². The molecule has 106 valence electrons. The molecule has 1 unspecified atom stereocenters. The summed E-state index contributed by atoms with van der Waals surface area (Å²) in [6, 6.07) is 7.87. The fraction of sp³-hybridized carbons (Fsp3) is 0.600. The van der Waals surface area contributed by atoms with E-state index in [4.69, 9.17) is 22.4 Å². The summed E-state index contributed by atoms with van der Waals surface area (Å²) in [5.74, 6) is 0.501. The summed E-state index contributed by atoms with van der Waals surface area (Å²) in [6.07, 6.45) is 3.17. The van der Waals surface area contributed by atoms with Gasteiger partial charge in [0, 0.05) is 17.7 Å². The fourth-order valence-electron chi connectivity index (χ4n) is 2.59. The van der Waals surface area contributed by atoms with Gasteiger partial charge in [0.2, 0.25) is 0 Å². The summed E-state index contributed by atoms with van der Waals surface area (Å²) in [5, 5.41) is 9.87. The Morgan fingerprint density at radius 2 is 1.89 bits per heavy atom. The molecule has 1 fully saturated rings. The summed E-state index contributed by atoms with van der Waals surface area (Å²) in [7, 11) is 0. The quantitative estimate of drug-likeness (QED) is 0.872. The normalized spacial score (nSPS) is 19.5. The highest BCUT2D eigenvalue weighted by molar-refractivity contribution is 6.30. The number of benzene rings is 1. The number of rotatable bonds is 5. The van der Waals surface area contributed by atoms with Gasteiger partial charge < -0.3 is 15.7 Å². The summed E-state index contributed by atoms with van der Waals surface area (Å²) in [6.45, 7) is 3.52. The second-order valence-electron chi connectivity index (χ2n) is 5.41. The van der Waals surface area contributed by atoms with Gasteiger partial charge in [0.25, 0.3) is 0 Å². The average Bonchev–Trinajstić information content (AvgIpc) is 2.46. The largest absolute Gasteiger partial charge is 0.396 e. The Morgan fingerprint density at radius 3 is 2.47 bits per heavy atom. The maximum Gasteiger partial charge on any atom is 0.0460 e. The van der Waals surface area contributed by atoms with Crippen LogP contribution in [0.15, 0.2) is 24.3 Å². The third kappa shape index (κ3) is 4.46. The van der Waals surface area contributed by atoms with E-state index in [0.29, 0.717) is 12.5 Å². The van der Waals surface area contributed by atoms with Crippen molar-refractivity contribution in [2.75, 3.05) is 26.2 Å². The van der Waals surface area contributed by atoms with Crippen molar-refractivity contribution < 1.29 is 5.11 Å². The van der Waals surface area contributed by atoms with Gasteiger partial charge >= 0.3 is 0 Å². The van der Waals surface area contributed by atoms with Crippen LogP contribution in [0.3, 0.4) is 0 Å². The summed E-state index contributed by atoms with van der Waals surface area (Å²) in [5.41, 5.74) is 7.35. The van der Waals surface area contributed by atoms with Gasteiger partial charge in [-0.15, -0.1) is 0 Å². The van der Waals surface area contributed by atoms with Gasteiger partial charge in [-0.05, 0) is 62.5 Å². The van der Waals surface area contributed by atoms with Crippen LogP contribution in [-0.2, 0) is 0 Å². The molecule has 1 aliphatic rings. The Kier molecular flexibility index (Phi) is 5.64. The van der Waals surface area contributed by atoms with Crippen molar-refractivity contribution in [2.45, 2.75) is 25.3 Å². The molecule has 4 heteroatoms. The van der Waals surface area contributed by atoms with Gasteiger partial charge in [0.05, 0.1) is 0 Å². The topological polar surface area (TPSA) is 49.5 Å². The second-order valence-corrected chi connectivity index (χ2v) is 5.85. The van der Waals surface area contributed by atoms with Crippen LogP contribution in [0, 0.1) is 5.92 Å². The van der Waals surface area contributed by atoms with E-state index < -0.39 is 0 Å². The van der Waals surface area contributed by atoms with Crippen molar-refractivity contribution in [3.63, 3.8) is 0 Å². The van der Waals surface area contributed by atoms with Crippen molar-refractivity contribution >= 4 is 11.6 Å². The van der Waals surface area contributed by atoms with Crippen LogP contribution in [0.4, 0.5) is 0 Å². The number of piperidine rings is 1. The minimum atomic E-state index is 0.0767. The molecule has 0 radical (unpaired) electrons. The maximum absolute atomic E-state index is 9.12. The van der Waals surface area contributed by atoms with E-state index in [0.717, 1.165) is 49.5 Å². The van der Waals surface area contributed by atoms with Gasteiger partial charge in [-0.3, -0.25) is 0 Å². The minimum Gasteiger partial charge on any atom is -0.396 e. The Bertz CT molecular complexity index is 374. The van der Waals surface area contributed by atoms with Crippen molar-refractivity contribution in [3.05, 3.63) is 34.9 Å². The molecule has 1 aromatic carbocycles. The molecule has 1 saturated heterocycles. The Hall–Kier alpha value is -0.610. The van der Waals surface area contributed by atoms with Gasteiger partial charge in [0.15, 0.2) is 0 Å². The van der Waals surface area contributed by atoms with Gasteiger partial charge in [-0.1, -0.05) is 23.7 Å². The van der Waals surface area contributed by atoms with Gasteiger partial charge in [0.1, 0.15) is 0 Å². The zero-order valence-electron chi connectivity index (χ0n) is 11.3. The predicted molar refractivity (Wildman–Crippen MR) is 79.2 cm³/mol. The van der Waals surface area contributed by atoms with E-state index >= 15 is 0 Å². The van der Waals surface area contributed by atoms with Crippen molar-refractivity contribution in [3.8, 4) is 0 Å². The average molecular weight is 283 g/mol. The highest BCUT2D eigenvalue weighted by Gasteiger charge is 2.18. The Labute approximate surface area is 120 Å². The van der Waals surface area contributed by atoms with Crippen LogP contribution in [0.25, 0.3) is 0 Å². The van der Waals surface area contributed by atoms with Crippen molar-refractivity contribution in [2.24, 2.45) is 11.7 Å². The first-order valence-electron chi connectivity index (χ1n) is 7.03. The molecule has 1 atom stereocenters. The zero-order valence-corrected chi connectivity index (χ0v) is 12.0. The Morgan fingerprint density at radius 1 is 1.26 bits per heavy atom. The SMILES string of the molecule is NC(CCN1CCC(CO)CC1)c1ccc(Cl)cc1. The number of nitrogens with zero attached hydrogens (tertiary/aromatic N) is 1. The second kappa shape index (κ2) is 7.25. The van der Waals surface area contributed by atoms with E-state index in [1.54, 1.807) is 0 Å². The fourth-order valence-corrected chi connectivity index (χ4v) is 2.72. The van der Waals surface area contributed by atoms with Crippen molar-refractivity contribution in [1.82, 2.24) is 4.90 Å². The molecule has 0 spiro atoms. The number of halogens is 1. The van der Waals surface area contributed by atoms with Crippen molar-refractivity contribution in [1.29, 1.82) is 0 Å². The smallest absolute Gasteiger partial charge is 0.0460 e.